The monoisotopic (exact) mass is 432 g/mol. The Bertz CT molecular complexity index is 1170. The van der Waals surface area contributed by atoms with Crippen LogP contribution < -0.4 is 0 Å². The largest absolute Gasteiger partial charge is 0.334 e. The molecule has 142 valence electrons. The molecule has 5 nitrogen and oxygen atoms in total. The smallest absolute Gasteiger partial charge is 0.258 e. The van der Waals surface area contributed by atoms with Crippen LogP contribution in [-0.2, 0) is 6.54 Å². The van der Waals surface area contributed by atoms with Gasteiger partial charge in [-0.25, -0.2) is 0 Å². The van der Waals surface area contributed by atoms with Crippen molar-refractivity contribution in [2.75, 3.05) is 0 Å². The van der Waals surface area contributed by atoms with Gasteiger partial charge in [0.15, 0.2) is 0 Å². The predicted octanol–water partition coefficient (Wildman–Crippen LogP) is 6.23. The van der Waals surface area contributed by atoms with E-state index in [0.717, 1.165) is 22.5 Å². The molecule has 4 aromatic rings. The Morgan fingerprint density at radius 1 is 1.04 bits per heavy atom. The fourth-order valence-electron chi connectivity index (χ4n) is 2.93. The topological polar surface area (TPSA) is 56.7 Å². The first kappa shape index (κ1) is 19.0. The quantitative estimate of drug-likeness (QED) is 0.383. The number of benzene rings is 2. The Labute approximate surface area is 176 Å². The van der Waals surface area contributed by atoms with Gasteiger partial charge in [-0.15, -0.1) is 0 Å². The number of aromatic nitrogens is 4. The molecule has 2 aromatic heterocycles. The lowest BCUT2D eigenvalue weighted by molar-refractivity contribution is 0.432. The molecule has 0 N–H and O–H groups in total. The maximum atomic E-state index is 6.24. The predicted molar refractivity (Wildman–Crippen MR) is 111 cm³/mol. The maximum absolute atomic E-state index is 6.24. The molecular weight excluding hydrogens is 419 g/mol. The van der Waals surface area contributed by atoms with Crippen molar-refractivity contribution in [1.82, 2.24) is 19.9 Å². The minimum Gasteiger partial charge on any atom is -0.334 e. The molecule has 0 radical (unpaired) electrons. The zero-order valence-electron chi connectivity index (χ0n) is 15.1. The minimum absolute atomic E-state index is 0.410. The van der Waals surface area contributed by atoms with Crippen molar-refractivity contribution in [2.24, 2.45) is 0 Å². The van der Waals surface area contributed by atoms with Gasteiger partial charge in [0.2, 0.25) is 5.82 Å². The molecule has 0 fully saturated rings. The van der Waals surface area contributed by atoms with Crippen molar-refractivity contribution in [3.8, 4) is 22.8 Å². The highest BCUT2D eigenvalue weighted by molar-refractivity contribution is 6.36. The van der Waals surface area contributed by atoms with Crippen molar-refractivity contribution < 1.29 is 4.52 Å². The van der Waals surface area contributed by atoms with E-state index in [2.05, 4.69) is 15.2 Å². The molecule has 0 aliphatic carbocycles. The van der Waals surface area contributed by atoms with Gasteiger partial charge in [0, 0.05) is 16.1 Å². The fourth-order valence-corrected chi connectivity index (χ4v) is 3.55. The van der Waals surface area contributed by atoms with Gasteiger partial charge in [-0.1, -0.05) is 52.1 Å². The van der Waals surface area contributed by atoms with Gasteiger partial charge in [-0.05, 0) is 49.7 Å². The fraction of sp³-hybridized carbons (Fsp3) is 0.150. The van der Waals surface area contributed by atoms with Crippen LogP contribution in [-0.4, -0.2) is 19.9 Å². The molecule has 4 rings (SSSR count). The number of hydrogen-bond acceptors (Lipinski definition) is 4. The number of hydrogen-bond donors (Lipinski definition) is 0. The van der Waals surface area contributed by atoms with Crippen molar-refractivity contribution in [3.63, 3.8) is 0 Å². The van der Waals surface area contributed by atoms with Crippen LogP contribution in [0.3, 0.4) is 0 Å². The summed E-state index contributed by atoms with van der Waals surface area (Å²) < 4.78 is 7.32. The molecule has 28 heavy (non-hydrogen) atoms. The zero-order valence-corrected chi connectivity index (χ0v) is 17.3. The summed E-state index contributed by atoms with van der Waals surface area (Å²) >= 11 is 18.4. The maximum Gasteiger partial charge on any atom is 0.258 e. The highest BCUT2D eigenvalue weighted by Gasteiger charge is 2.15. The molecule has 0 atom stereocenters. The Hall–Kier alpha value is -2.34. The van der Waals surface area contributed by atoms with Gasteiger partial charge >= 0.3 is 0 Å². The van der Waals surface area contributed by atoms with Crippen molar-refractivity contribution in [3.05, 3.63) is 74.5 Å². The lowest BCUT2D eigenvalue weighted by Crippen LogP contribution is -2.04. The van der Waals surface area contributed by atoms with E-state index >= 15 is 0 Å². The van der Waals surface area contributed by atoms with Crippen LogP contribution in [0.5, 0.6) is 0 Å². The lowest BCUT2D eigenvalue weighted by Gasteiger charge is -2.05. The summed E-state index contributed by atoms with van der Waals surface area (Å²) in [4.78, 5) is 4.48. The molecular formula is C20H15Cl3N4O. The summed E-state index contributed by atoms with van der Waals surface area (Å²) in [7, 11) is 0. The molecule has 0 unspecified atom stereocenters. The van der Waals surface area contributed by atoms with Crippen LogP contribution >= 0.6 is 34.8 Å². The number of halogens is 3. The molecule has 2 aromatic carbocycles. The van der Waals surface area contributed by atoms with Gasteiger partial charge in [0.1, 0.15) is 0 Å². The first-order chi connectivity index (χ1) is 13.4. The van der Waals surface area contributed by atoms with Crippen LogP contribution in [0.4, 0.5) is 0 Å². The van der Waals surface area contributed by atoms with Crippen molar-refractivity contribution in [2.45, 2.75) is 20.4 Å². The van der Waals surface area contributed by atoms with Crippen LogP contribution in [0, 0.1) is 13.8 Å². The summed E-state index contributed by atoms with van der Waals surface area (Å²) in [6.07, 6.45) is 0. The van der Waals surface area contributed by atoms with Gasteiger partial charge in [0.05, 0.1) is 28.0 Å². The van der Waals surface area contributed by atoms with Gasteiger partial charge in [-0.3, -0.25) is 4.68 Å². The highest BCUT2D eigenvalue weighted by atomic mass is 35.5. The average molecular weight is 434 g/mol. The Morgan fingerprint density at radius 3 is 2.57 bits per heavy atom. The second-order valence-corrected chi connectivity index (χ2v) is 7.61. The molecule has 8 heteroatoms. The van der Waals surface area contributed by atoms with E-state index in [9.17, 15) is 0 Å². The first-order valence-electron chi connectivity index (χ1n) is 8.50. The Balaban J connectivity index is 1.63. The van der Waals surface area contributed by atoms with E-state index in [0.29, 0.717) is 38.9 Å². The van der Waals surface area contributed by atoms with Crippen molar-refractivity contribution in [1.29, 1.82) is 0 Å². The van der Waals surface area contributed by atoms with E-state index in [1.807, 2.05) is 42.8 Å². The Kier molecular flexibility index (Phi) is 5.15. The molecule has 0 amide bonds. The lowest BCUT2D eigenvalue weighted by atomic mass is 10.1. The van der Waals surface area contributed by atoms with E-state index in [1.54, 1.807) is 18.2 Å². The summed E-state index contributed by atoms with van der Waals surface area (Å²) in [5.74, 6) is 0.821. The third-order valence-corrected chi connectivity index (χ3v) is 5.49. The number of aryl methyl sites for hydroxylation is 1. The van der Waals surface area contributed by atoms with Crippen LogP contribution in [0.25, 0.3) is 22.8 Å². The van der Waals surface area contributed by atoms with Crippen LogP contribution in [0.2, 0.25) is 15.1 Å². The summed E-state index contributed by atoms with van der Waals surface area (Å²) in [5, 5.41) is 10.2. The molecule has 0 spiro atoms. The summed E-state index contributed by atoms with van der Waals surface area (Å²) in [6, 6.07) is 13.0. The second kappa shape index (κ2) is 7.59. The van der Waals surface area contributed by atoms with Crippen LogP contribution in [0.15, 0.2) is 47.0 Å². The molecule has 0 aliphatic heterocycles. The molecule has 0 saturated heterocycles. The average Bonchev–Trinajstić information content (AvgIpc) is 3.24. The first-order valence-corrected chi connectivity index (χ1v) is 9.63. The van der Waals surface area contributed by atoms with Crippen LogP contribution in [0.1, 0.15) is 17.0 Å². The normalized spacial score (nSPS) is 11.2. The van der Waals surface area contributed by atoms with E-state index in [-0.39, 0.29) is 0 Å². The van der Waals surface area contributed by atoms with Gasteiger partial charge in [0.25, 0.3) is 5.89 Å². The van der Waals surface area contributed by atoms with Gasteiger partial charge in [-0.2, -0.15) is 10.1 Å². The highest BCUT2D eigenvalue weighted by Crippen LogP contribution is 2.30. The number of nitrogens with zero attached hydrogens (tertiary/aromatic N) is 4. The standard InChI is InChI=1S/C20H15Cl3N4O/c1-11-18(23)12(2)27(25-11)10-13-4-3-5-14(8-13)20-24-19(26-28-20)16-7-6-15(21)9-17(16)22/h3-9H,10H2,1-2H3. The third kappa shape index (κ3) is 3.65. The zero-order chi connectivity index (χ0) is 19.8. The molecule has 0 saturated carbocycles. The van der Waals surface area contributed by atoms with E-state index in [4.69, 9.17) is 39.3 Å². The third-order valence-electron chi connectivity index (χ3n) is 4.40. The number of rotatable bonds is 4. The van der Waals surface area contributed by atoms with Gasteiger partial charge < -0.3 is 4.52 Å². The molecule has 0 aliphatic rings. The van der Waals surface area contributed by atoms with Crippen molar-refractivity contribution >= 4 is 34.8 Å². The summed E-state index contributed by atoms with van der Waals surface area (Å²) in [6.45, 7) is 4.44. The Morgan fingerprint density at radius 2 is 1.86 bits per heavy atom. The summed E-state index contributed by atoms with van der Waals surface area (Å²) in [5.41, 5.74) is 4.27. The SMILES string of the molecule is Cc1nn(Cc2cccc(-c3nc(-c4ccc(Cl)cc4Cl)no3)c2)c(C)c1Cl. The van der Waals surface area contributed by atoms with E-state index < -0.39 is 0 Å². The molecule has 0 bridgehead atoms. The second-order valence-electron chi connectivity index (χ2n) is 6.39. The van der Waals surface area contributed by atoms with E-state index in [1.165, 1.54) is 0 Å². The molecule has 2 heterocycles. The minimum atomic E-state index is 0.410.